The molecule has 2 aromatic carbocycles. The van der Waals surface area contributed by atoms with Gasteiger partial charge in [0.15, 0.2) is 0 Å². The van der Waals surface area contributed by atoms with Gasteiger partial charge in [-0.15, -0.1) is 5.10 Å². The Kier molecular flexibility index (Phi) is 10.5. The number of carbonyl (C=O) groups is 2. The van der Waals surface area contributed by atoms with E-state index in [-0.39, 0.29) is 30.4 Å². The van der Waals surface area contributed by atoms with Crippen molar-refractivity contribution >= 4 is 35.2 Å². The maximum Gasteiger partial charge on any atom is 0.309 e. The Balaban J connectivity index is 1.27. The van der Waals surface area contributed by atoms with Crippen LogP contribution >= 0.6 is 11.6 Å². The number of amides is 1. The first-order valence-electron chi connectivity index (χ1n) is 16.1. The van der Waals surface area contributed by atoms with Crippen molar-refractivity contribution in [2.24, 2.45) is 0 Å². The highest BCUT2D eigenvalue weighted by molar-refractivity contribution is 6.30. The van der Waals surface area contributed by atoms with Crippen LogP contribution in [0.3, 0.4) is 0 Å². The Labute approximate surface area is 279 Å². The molecule has 4 aromatic rings. The van der Waals surface area contributed by atoms with E-state index in [2.05, 4.69) is 49.3 Å². The normalized spacial score (nSPS) is 18.5. The number of carbonyl (C=O) groups excluding carboxylic acids is 2. The molecule has 0 aliphatic carbocycles. The zero-order valence-electron chi connectivity index (χ0n) is 26.4. The number of rotatable bonds is 8. The first-order chi connectivity index (χ1) is 22.9. The Morgan fingerprint density at radius 2 is 1.91 bits per heavy atom. The number of methoxy groups -OCH3 is 1. The molecule has 0 radical (unpaired) electrons. The fourth-order valence-electron chi connectivity index (χ4n) is 6.38. The fourth-order valence-corrected chi connectivity index (χ4v) is 6.56. The van der Waals surface area contributed by atoms with Crippen LogP contribution in [0.4, 0.5) is 5.69 Å². The molecule has 244 valence electrons. The van der Waals surface area contributed by atoms with Gasteiger partial charge in [0.1, 0.15) is 6.33 Å². The van der Waals surface area contributed by atoms with Gasteiger partial charge >= 0.3 is 5.97 Å². The van der Waals surface area contributed by atoms with Crippen LogP contribution in [0.25, 0.3) is 22.9 Å². The Morgan fingerprint density at radius 3 is 2.72 bits per heavy atom. The minimum Gasteiger partial charge on any atom is -0.469 e. The molecule has 1 amide bonds. The second-order valence-corrected chi connectivity index (χ2v) is 12.5. The summed E-state index contributed by atoms with van der Waals surface area (Å²) in [5.74, 6) is -0.508. The molecular formula is C35H39ClN8O3. The summed E-state index contributed by atoms with van der Waals surface area (Å²) < 4.78 is 6.47. The molecule has 47 heavy (non-hydrogen) atoms. The molecule has 2 aliphatic heterocycles. The second-order valence-electron chi connectivity index (χ2n) is 12.1. The number of aromatic nitrogens is 5. The molecule has 0 unspecified atom stereocenters. The van der Waals surface area contributed by atoms with Crippen molar-refractivity contribution in [2.45, 2.75) is 57.0 Å². The van der Waals surface area contributed by atoms with Gasteiger partial charge in [-0.05, 0) is 103 Å². The van der Waals surface area contributed by atoms with Crippen LogP contribution in [0, 0.1) is 0 Å². The van der Waals surface area contributed by atoms with Crippen LogP contribution < -0.4 is 10.6 Å². The lowest BCUT2D eigenvalue weighted by Crippen LogP contribution is -2.35. The molecule has 1 fully saturated rings. The molecule has 1 saturated heterocycles. The number of halogens is 1. The third kappa shape index (κ3) is 8.41. The van der Waals surface area contributed by atoms with Gasteiger partial charge in [0.2, 0.25) is 5.91 Å². The summed E-state index contributed by atoms with van der Waals surface area (Å²) >= 11 is 6.27. The number of hydrogen-bond donors (Lipinski definition) is 2. The van der Waals surface area contributed by atoms with Crippen LogP contribution in [0.2, 0.25) is 5.02 Å². The average molecular weight is 655 g/mol. The van der Waals surface area contributed by atoms with Crippen LogP contribution in [0.1, 0.15) is 61.4 Å². The number of nitrogens with one attached hydrogen (secondary N) is 2. The van der Waals surface area contributed by atoms with Crippen molar-refractivity contribution in [2.75, 3.05) is 32.1 Å². The number of tetrazole rings is 1. The van der Waals surface area contributed by atoms with Crippen molar-refractivity contribution < 1.29 is 14.3 Å². The number of ether oxygens (including phenoxy) is 1. The average Bonchev–Trinajstić information content (AvgIpc) is 3.80. The van der Waals surface area contributed by atoms with Crippen molar-refractivity contribution in [3.05, 3.63) is 89.0 Å². The zero-order chi connectivity index (χ0) is 32.6. The lowest BCUT2D eigenvalue weighted by molar-refractivity contribution is -0.139. The Bertz CT molecular complexity index is 1720. The summed E-state index contributed by atoms with van der Waals surface area (Å²) in [6, 6.07) is 15.4. The topological polar surface area (TPSA) is 127 Å². The lowest BCUT2D eigenvalue weighted by Gasteiger charge is -2.28. The minimum atomic E-state index is -0.281. The Hall–Kier alpha value is -4.61. The molecular weight excluding hydrogens is 616 g/mol. The van der Waals surface area contributed by atoms with Crippen molar-refractivity contribution in [3.63, 3.8) is 0 Å². The molecule has 2 aromatic heterocycles. The number of likely N-dealkylation sites (tertiary alicyclic amines) is 1. The van der Waals surface area contributed by atoms with Crippen LogP contribution in [0.15, 0.2) is 67.1 Å². The Morgan fingerprint density at radius 1 is 1.06 bits per heavy atom. The highest BCUT2D eigenvalue weighted by Gasteiger charge is 2.22. The van der Waals surface area contributed by atoms with E-state index >= 15 is 0 Å². The number of esters is 1. The molecule has 0 saturated carbocycles. The van der Waals surface area contributed by atoms with Crippen molar-refractivity contribution in [3.8, 4) is 16.8 Å². The van der Waals surface area contributed by atoms with E-state index in [1.807, 2.05) is 12.1 Å². The summed E-state index contributed by atoms with van der Waals surface area (Å²) in [6.07, 6.45) is 12.8. The maximum atomic E-state index is 13.4. The van der Waals surface area contributed by atoms with Gasteiger partial charge in [0.25, 0.3) is 0 Å². The number of hydrogen-bond acceptors (Lipinski definition) is 9. The molecule has 6 rings (SSSR count). The van der Waals surface area contributed by atoms with Crippen molar-refractivity contribution in [1.82, 2.24) is 35.4 Å². The van der Waals surface area contributed by atoms with E-state index in [1.54, 1.807) is 30.5 Å². The lowest BCUT2D eigenvalue weighted by atomic mass is 9.95. The van der Waals surface area contributed by atoms with Gasteiger partial charge in [-0.2, -0.15) is 4.68 Å². The number of nitrogens with zero attached hydrogens (tertiary/aromatic N) is 6. The third-order valence-corrected chi connectivity index (χ3v) is 8.99. The van der Waals surface area contributed by atoms with E-state index in [0.29, 0.717) is 16.3 Å². The molecule has 12 heteroatoms. The van der Waals surface area contributed by atoms with Crippen molar-refractivity contribution in [1.29, 1.82) is 0 Å². The van der Waals surface area contributed by atoms with Gasteiger partial charge in [0.05, 0.1) is 31.0 Å². The third-order valence-electron chi connectivity index (χ3n) is 8.76. The number of pyridine rings is 1. The summed E-state index contributed by atoms with van der Waals surface area (Å²) in [5.41, 5.74) is 6.09. The molecule has 4 heterocycles. The largest absolute Gasteiger partial charge is 0.469 e. The van der Waals surface area contributed by atoms with E-state index in [9.17, 15) is 9.59 Å². The SMILES string of the molecule is COC(=O)Cc1ccc2c(c1)N[C@@H](CN1CCCC1)CCCC[C@H](NC(=O)/C=C/c1cc(Cl)ccc1-n1cnnn1)c1cc-2ccn1. The number of anilines is 1. The first-order valence-corrected chi connectivity index (χ1v) is 16.5. The fraction of sp³-hybridized carbons (Fsp3) is 0.371. The van der Waals surface area contributed by atoms with Crippen LogP contribution in [-0.4, -0.2) is 74.8 Å². The van der Waals surface area contributed by atoms with Crippen LogP contribution in [0.5, 0.6) is 0 Å². The monoisotopic (exact) mass is 654 g/mol. The highest BCUT2D eigenvalue weighted by atomic mass is 35.5. The highest BCUT2D eigenvalue weighted by Crippen LogP contribution is 2.33. The van der Waals surface area contributed by atoms with E-state index in [0.717, 1.165) is 73.4 Å². The van der Waals surface area contributed by atoms with Gasteiger partial charge in [-0.3, -0.25) is 14.6 Å². The molecule has 11 nitrogen and oxygen atoms in total. The molecule has 2 bridgehead atoms. The van der Waals surface area contributed by atoms with Gasteiger partial charge in [-0.1, -0.05) is 36.6 Å². The summed E-state index contributed by atoms with van der Waals surface area (Å²) in [6.45, 7) is 3.20. The van der Waals surface area contributed by atoms with Gasteiger partial charge in [-0.25, -0.2) is 0 Å². The smallest absolute Gasteiger partial charge is 0.309 e. The van der Waals surface area contributed by atoms with E-state index < -0.39 is 0 Å². The standard InChI is InChI=1S/C35H39ClN8O3/c1-47-35(46)19-24-8-11-29-25-14-15-37-32(21-25)30(7-3-2-6-28(39-31(29)18-24)22-43-16-4-5-17-43)40-34(45)13-9-26-20-27(36)10-12-33(26)44-23-38-41-42-44/h8-15,18,20-21,23,28,30,39H,2-7,16-17,19,22H2,1H3,(H,40,45)/b13-9+/t28-,30+/m1/s1. The zero-order valence-corrected chi connectivity index (χ0v) is 27.2. The number of fused-ring (bicyclic) bond motifs is 4. The molecule has 2 N–H and O–H groups in total. The maximum absolute atomic E-state index is 13.4. The summed E-state index contributed by atoms with van der Waals surface area (Å²) in [4.78, 5) is 32.7. The predicted octanol–water partition coefficient (Wildman–Crippen LogP) is 5.41. The summed E-state index contributed by atoms with van der Waals surface area (Å²) in [7, 11) is 1.41. The van der Waals surface area contributed by atoms with Gasteiger partial charge < -0.3 is 20.3 Å². The van der Waals surface area contributed by atoms with Crippen LogP contribution in [-0.2, 0) is 20.7 Å². The minimum absolute atomic E-state index is 0.206. The first kappa shape index (κ1) is 32.3. The summed E-state index contributed by atoms with van der Waals surface area (Å²) in [5, 5.41) is 19.0. The van der Waals surface area contributed by atoms with Gasteiger partial charge in [0, 0.05) is 46.7 Å². The number of benzene rings is 2. The quantitative estimate of drug-likeness (QED) is 0.189. The molecule has 2 aliphatic rings. The second kappa shape index (κ2) is 15.3. The molecule has 0 spiro atoms. The van der Waals surface area contributed by atoms with E-state index in [4.69, 9.17) is 21.3 Å². The predicted molar refractivity (Wildman–Crippen MR) is 181 cm³/mol. The van der Waals surface area contributed by atoms with E-state index in [1.165, 1.54) is 37.0 Å². The molecule has 2 atom stereocenters.